The van der Waals surface area contributed by atoms with Gasteiger partial charge in [-0.2, -0.15) is 5.10 Å². The van der Waals surface area contributed by atoms with Crippen molar-refractivity contribution in [3.05, 3.63) is 73.1 Å². The van der Waals surface area contributed by atoms with Gasteiger partial charge < -0.3 is 10.2 Å². The van der Waals surface area contributed by atoms with E-state index in [0.29, 0.717) is 12.4 Å². The monoisotopic (exact) mass is 496 g/mol. The second-order valence-electron chi connectivity index (χ2n) is 8.92. The van der Waals surface area contributed by atoms with E-state index >= 15 is 0 Å². The van der Waals surface area contributed by atoms with Gasteiger partial charge in [-0.05, 0) is 61.7 Å². The van der Waals surface area contributed by atoms with E-state index in [-0.39, 0.29) is 11.8 Å². The van der Waals surface area contributed by atoms with Crippen LogP contribution >= 0.6 is 11.3 Å². The minimum Gasteiger partial charge on any atom is -0.356 e. The fourth-order valence-electron chi connectivity index (χ4n) is 4.46. The molecule has 1 aliphatic heterocycles. The summed E-state index contributed by atoms with van der Waals surface area (Å²) in [5, 5.41) is 8.20. The highest BCUT2D eigenvalue weighted by molar-refractivity contribution is 7.21. The van der Waals surface area contributed by atoms with Gasteiger partial charge in [0.25, 0.3) is 0 Å². The summed E-state index contributed by atoms with van der Waals surface area (Å²) in [6.07, 6.45) is 6.34. The van der Waals surface area contributed by atoms with Gasteiger partial charge in [-0.3, -0.25) is 4.79 Å². The van der Waals surface area contributed by atoms with Gasteiger partial charge in [0.05, 0.1) is 16.1 Å². The Balaban J connectivity index is 1.12. The van der Waals surface area contributed by atoms with Crippen molar-refractivity contribution < 1.29 is 4.79 Å². The van der Waals surface area contributed by atoms with E-state index in [4.69, 9.17) is 4.98 Å². The standard InChI is InChI=1S/C26H24N8OS/c1-17-4-9-21-22(11-17)36-26(32-21)18-5-7-20(8-6-18)31-25(35)19-3-2-10-33(13-19)23-12-24(29-15-28-23)34-16-27-14-30-34/h4-9,11-12,14-16,19H,2-3,10,13H2,1H3,(H,31,35). The molecule has 1 aliphatic rings. The number of carbonyl (C=O) groups excluding carboxylic acids is 1. The number of carbonyl (C=O) groups is 1. The Morgan fingerprint density at radius 2 is 1.92 bits per heavy atom. The second kappa shape index (κ2) is 9.46. The van der Waals surface area contributed by atoms with E-state index in [9.17, 15) is 4.79 Å². The number of aryl methyl sites for hydroxylation is 1. The van der Waals surface area contributed by atoms with Crippen molar-refractivity contribution >= 4 is 39.0 Å². The predicted molar refractivity (Wildman–Crippen MR) is 140 cm³/mol. The Bertz CT molecular complexity index is 1510. The normalized spacial score (nSPS) is 15.8. The Morgan fingerprint density at radius 1 is 1.06 bits per heavy atom. The lowest BCUT2D eigenvalue weighted by Crippen LogP contribution is -2.41. The molecule has 1 unspecified atom stereocenters. The van der Waals surface area contributed by atoms with Crippen LogP contribution in [0, 0.1) is 12.8 Å². The van der Waals surface area contributed by atoms with Crippen LogP contribution in [0.5, 0.6) is 0 Å². The second-order valence-corrected chi connectivity index (χ2v) is 9.95. The van der Waals surface area contributed by atoms with Crippen molar-refractivity contribution in [2.45, 2.75) is 19.8 Å². The number of thiazole rings is 1. The third kappa shape index (κ3) is 4.55. The molecule has 0 bridgehead atoms. The highest BCUT2D eigenvalue weighted by atomic mass is 32.1. The zero-order valence-corrected chi connectivity index (χ0v) is 20.5. The largest absolute Gasteiger partial charge is 0.356 e. The first-order chi connectivity index (χ1) is 17.6. The minimum absolute atomic E-state index is 0.0217. The van der Waals surface area contributed by atoms with Crippen molar-refractivity contribution in [3.8, 4) is 16.4 Å². The predicted octanol–water partition coefficient (Wildman–Crippen LogP) is 4.50. The summed E-state index contributed by atoms with van der Waals surface area (Å²) in [6.45, 7) is 3.53. The molecular formula is C26H24N8OS. The molecule has 0 radical (unpaired) electrons. The van der Waals surface area contributed by atoms with Gasteiger partial charge in [0.2, 0.25) is 5.91 Å². The zero-order chi connectivity index (χ0) is 24.5. The van der Waals surface area contributed by atoms with Crippen LogP contribution in [0.3, 0.4) is 0 Å². The highest BCUT2D eigenvalue weighted by Crippen LogP contribution is 2.31. The summed E-state index contributed by atoms with van der Waals surface area (Å²) < 4.78 is 2.78. The highest BCUT2D eigenvalue weighted by Gasteiger charge is 2.27. The van der Waals surface area contributed by atoms with Gasteiger partial charge in [0.1, 0.15) is 29.8 Å². The van der Waals surface area contributed by atoms with E-state index in [1.165, 1.54) is 22.9 Å². The number of anilines is 2. The summed E-state index contributed by atoms with van der Waals surface area (Å²) in [6, 6.07) is 16.1. The molecule has 36 heavy (non-hydrogen) atoms. The number of fused-ring (bicyclic) bond motifs is 1. The molecule has 0 aliphatic carbocycles. The average molecular weight is 497 g/mol. The molecule has 4 heterocycles. The van der Waals surface area contributed by atoms with Crippen LogP contribution in [0.4, 0.5) is 11.5 Å². The average Bonchev–Trinajstić information content (AvgIpc) is 3.60. The molecule has 0 saturated carbocycles. The van der Waals surface area contributed by atoms with Crippen LogP contribution in [-0.4, -0.2) is 48.7 Å². The van der Waals surface area contributed by atoms with E-state index in [2.05, 4.69) is 55.4 Å². The third-order valence-corrected chi connectivity index (χ3v) is 7.42. The first kappa shape index (κ1) is 22.3. The molecule has 5 aromatic rings. The van der Waals surface area contributed by atoms with Gasteiger partial charge >= 0.3 is 0 Å². The van der Waals surface area contributed by atoms with Crippen LogP contribution in [-0.2, 0) is 4.79 Å². The molecular weight excluding hydrogens is 472 g/mol. The van der Waals surface area contributed by atoms with Crippen LogP contribution in [0.2, 0.25) is 0 Å². The van der Waals surface area contributed by atoms with Crippen molar-refractivity contribution in [2.24, 2.45) is 5.92 Å². The number of aromatic nitrogens is 6. The lowest BCUT2D eigenvalue weighted by molar-refractivity contribution is -0.120. The van der Waals surface area contributed by atoms with Crippen LogP contribution in [0.25, 0.3) is 26.6 Å². The molecule has 1 N–H and O–H groups in total. The maximum Gasteiger partial charge on any atom is 0.229 e. The van der Waals surface area contributed by atoms with Gasteiger partial charge in [0.15, 0.2) is 5.82 Å². The van der Waals surface area contributed by atoms with Gasteiger partial charge in [0, 0.05) is 30.4 Å². The maximum absolute atomic E-state index is 13.1. The number of hydrogen-bond acceptors (Lipinski definition) is 8. The number of amides is 1. The maximum atomic E-state index is 13.1. The van der Waals surface area contributed by atoms with E-state index in [1.54, 1.807) is 22.3 Å². The topological polar surface area (TPSA) is 102 Å². The summed E-state index contributed by atoms with van der Waals surface area (Å²) in [5.41, 5.74) is 4.07. The van der Waals surface area contributed by atoms with Crippen LogP contribution in [0.1, 0.15) is 18.4 Å². The molecule has 1 saturated heterocycles. The molecule has 1 fully saturated rings. The van der Waals surface area contributed by atoms with Crippen molar-refractivity contribution in [1.29, 1.82) is 0 Å². The number of benzene rings is 2. The number of piperidine rings is 1. The van der Waals surface area contributed by atoms with E-state index in [0.717, 1.165) is 47.0 Å². The molecule has 10 heteroatoms. The number of hydrogen-bond donors (Lipinski definition) is 1. The third-order valence-electron chi connectivity index (χ3n) is 6.35. The van der Waals surface area contributed by atoms with Crippen molar-refractivity contribution in [3.63, 3.8) is 0 Å². The molecule has 0 spiro atoms. The summed E-state index contributed by atoms with van der Waals surface area (Å²) in [7, 11) is 0. The number of rotatable bonds is 5. The molecule has 3 aromatic heterocycles. The van der Waals surface area contributed by atoms with Gasteiger partial charge in [-0.15, -0.1) is 11.3 Å². The smallest absolute Gasteiger partial charge is 0.229 e. The van der Waals surface area contributed by atoms with Crippen LogP contribution in [0.15, 0.2) is 67.5 Å². The van der Waals surface area contributed by atoms with E-state index < -0.39 is 0 Å². The lowest BCUT2D eigenvalue weighted by Gasteiger charge is -2.32. The molecule has 1 atom stereocenters. The molecule has 180 valence electrons. The Kier molecular flexibility index (Phi) is 5.86. The Labute approximate surface area is 211 Å². The summed E-state index contributed by atoms with van der Waals surface area (Å²) in [5.74, 6) is 1.32. The number of nitrogens with zero attached hydrogens (tertiary/aromatic N) is 7. The van der Waals surface area contributed by atoms with E-state index in [1.807, 2.05) is 30.3 Å². The first-order valence-corrected chi connectivity index (χ1v) is 12.6. The molecule has 6 rings (SSSR count). The SMILES string of the molecule is Cc1ccc2nc(-c3ccc(NC(=O)C4CCCN(c5cc(-n6cncn6)ncn5)C4)cc3)sc2c1. The first-order valence-electron chi connectivity index (χ1n) is 11.8. The summed E-state index contributed by atoms with van der Waals surface area (Å²) in [4.78, 5) is 32.7. The number of nitrogens with one attached hydrogen (secondary N) is 1. The Hall–Kier alpha value is -4.18. The lowest BCUT2D eigenvalue weighted by atomic mass is 9.97. The van der Waals surface area contributed by atoms with Gasteiger partial charge in [-0.1, -0.05) is 6.07 Å². The molecule has 9 nitrogen and oxygen atoms in total. The minimum atomic E-state index is -0.129. The Morgan fingerprint density at radius 3 is 2.75 bits per heavy atom. The van der Waals surface area contributed by atoms with Crippen molar-refractivity contribution in [2.75, 3.05) is 23.3 Å². The van der Waals surface area contributed by atoms with Crippen molar-refractivity contribution in [1.82, 2.24) is 29.7 Å². The molecule has 2 aromatic carbocycles. The van der Waals surface area contributed by atoms with Gasteiger partial charge in [-0.25, -0.2) is 24.6 Å². The van der Waals surface area contributed by atoms with Crippen LogP contribution < -0.4 is 10.2 Å². The molecule has 1 amide bonds. The fourth-order valence-corrected chi connectivity index (χ4v) is 5.53. The quantitative estimate of drug-likeness (QED) is 0.382. The summed E-state index contributed by atoms with van der Waals surface area (Å²) >= 11 is 1.68. The zero-order valence-electron chi connectivity index (χ0n) is 19.7. The fraction of sp³-hybridized carbons (Fsp3) is 0.231.